The summed E-state index contributed by atoms with van der Waals surface area (Å²) in [6, 6.07) is 0. The fraction of sp³-hybridized carbons (Fsp3) is 1.00. The van der Waals surface area contributed by atoms with E-state index in [-0.39, 0.29) is 0 Å². The smallest absolute Gasteiger partial charge is 0.00156 e. The summed E-state index contributed by atoms with van der Waals surface area (Å²) in [6.07, 6.45) is 10.0. The van der Waals surface area contributed by atoms with Crippen molar-refractivity contribution in [3.63, 3.8) is 0 Å². The van der Waals surface area contributed by atoms with Gasteiger partial charge in [-0.3, -0.25) is 0 Å². The average molecular weight is 238 g/mol. The lowest BCUT2D eigenvalue weighted by atomic mass is 9.91. The molecule has 2 saturated heterocycles. The molecule has 0 aromatic carbocycles. The molecule has 2 fully saturated rings. The van der Waals surface area contributed by atoms with Crippen LogP contribution < -0.4 is 5.32 Å². The number of hydrogen-bond donors (Lipinski definition) is 1. The summed E-state index contributed by atoms with van der Waals surface area (Å²) in [5.41, 5.74) is 0. The van der Waals surface area contributed by atoms with Gasteiger partial charge in [-0.1, -0.05) is 19.8 Å². The fourth-order valence-electron chi connectivity index (χ4n) is 3.44. The van der Waals surface area contributed by atoms with Crippen molar-refractivity contribution in [3.8, 4) is 0 Å². The van der Waals surface area contributed by atoms with E-state index in [1.807, 2.05) is 0 Å². The highest BCUT2D eigenvalue weighted by Crippen LogP contribution is 2.22. The van der Waals surface area contributed by atoms with Crippen molar-refractivity contribution >= 4 is 0 Å². The number of nitrogens with zero attached hydrogens (tertiary/aromatic N) is 1. The van der Waals surface area contributed by atoms with Crippen LogP contribution in [0.15, 0.2) is 0 Å². The molecule has 1 unspecified atom stereocenters. The van der Waals surface area contributed by atoms with Gasteiger partial charge >= 0.3 is 0 Å². The molecular weight excluding hydrogens is 208 g/mol. The van der Waals surface area contributed by atoms with Gasteiger partial charge in [0, 0.05) is 0 Å². The highest BCUT2D eigenvalue weighted by atomic mass is 15.1. The molecule has 1 N–H and O–H groups in total. The zero-order chi connectivity index (χ0) is 11.9. The molecule has 2 rings (SSSR count). The lowest BCUT2D eigenvalue weighted by Crippen LogP contribution is -2.37. The molecule has 0 bridgehead atoms. The van der Waals surface area contributed by atoms with Crippen LogP contribution in [0.3, 0.4) is 0 Å². The molecule has 2 aliphatic rings. The predicted molar refractivity (Wildman–Crippen MR) is 74.3 cm³/mol. The Morgan fingerprint density at radius 1 is 1.06 bits per heavy atom. The predicted octanol–water partition coefficient (Wildman–Crippen LogP) is 2.89. The Bertz CT molecular complexity index is 191. The second-order valence-corrected chi connectivity index (χ2v) is 6.07. The van der Waals surface area contributed by atoms with Crippen LogP contribution in [0, 0.1) is 11.8 Å². The van der Waals surface area contributed by atoms with Crippen LogP contribution in [0.4, 0.5) is 0 Å². The number of rotatable bonds is 5. The van der Waals surface area contributed by atoms with Gasteiger partial charge in [0.25, 0.3) is 0 Å². The molecule has 0 radical (unpaired) electrons. The first-order valence-corrected chi connectivity index (χ1v) is 7.81. The minimum absolute atomic E-state index is 0.956. The van der Waals surface area contributed by atoms with E-state index in [1.54, 1.807) is 0 Å². The van der Waals surface area contributed by atoms with E-state index < -0.39 is 0 Å². The summed E-state index contributed by atoms with van der Waals surface area (Å²) in [7, 11) is 0. The fourth-order valence-corrected chi connectivity index (χ4v) is 3.44. The topological polar surface area (TPSA) is 15.3 Å². The largest absolute Gasteiger partial charge is 0.316 e. The molecular formula is C15H30N2. The average Bonchev–Trinajstić information content (AvgIpc) is 2.40. The molecule has 0 amide bonds. The SMILES string of the molecule is CCCC1CCN(CCC2CCCNC2)CC1. The van der Waals surface area contributed by atoms with Crippen molar-refractivity contribution in [1.29, 1.82) is 0 Å². The maximum Gasteiger partial charge on any atom is -0.00156 e. The molecule has 17 heavy (non-hydrogen) atoms. The summed E-state index contributed by atoms with van der Waals surface area (Å²) in [5.74, 6) is 1.99. The lowest BCUT2D eigenvalue weighted by Gasteiger charge is -2.33. The Hall–Kier alpha value is -0.0800. The van der Waals surface area contributed by atoms with Crippen molar-refractivity contribution in [2.24, 2.45) is 11.8 Å². The van der Waals surface area contributed by atoms with E-state index >= 15 is 0 Å². The van der Waals surface area contributed by atoms with E-state index in [9.17, 15) is 0 Å². The summed E-state index contributed by atoms with van der Waals surface area (Å²) in [4.78, 5) is 2.71. The number of piperidine rings is 2. The normalized spacial score (nSPS) is 28.4. The Morgan fingerprint density at radius 2 is 1.88 bits per heavy atom. The summed E-state index contributed by atoms with van der Waals surface area (Å²) in [5, 5.41) is 3.53. The molecule has 1 atom stereocenters. The number of hydrogen-bond acceptors (Lipinski definition) is 2. The van der Waals surface area contributed by atoms with Crippen LogP contribution in [0.5, 0.6) is 0 Å². The zero-order valence-electron chi connectivity index (χ0n) is 11.6. The van der Waals surface area contributed by atoms with Gasteiger partial charge in [0.15, 0.2) is 0 Å². The van der Waals surface area contributed by atoms with E-state index in [4.69, 9.17) is 0 Å². The van der Waals surface area contributed by atoms with E-state index in [0.29, 0.717) is 0 Å². The molecule has 100 valence electrons. The molecule has 2 nitrogen and oxygen atoms in total. The second kappa shape index (κ2) is 7.38. The van der Waals surface area contributed by atoms with Crippen molar-refractivity contribution < 1.29 is 0 Å². The van der Waals surface area contributed by atoms with Crippen molar-refractivity contribution in [3.05, 3.63) is 0 Å². The van der Waals surface area contributed by atoms with Crippen molar-refractivity contribution in [2.45, 2.75) is 51.9 Å². The van der Waals surface area contributed by atoms with E-state index in [2.05, 4.69) is 17.1 Å². The standard InChI is InChI=1S/C15H30N2/c1-2-4-14-6-10-17(11-7-14)12-8-15-5-3-9-16-13-15/h14-16H,2-13H2,1H3. The first-order chi connectivity index (χ1) is 8.38. The second-order valence-electron chi connectivity index (χ2n) is 6.07. The van der Waals surface area contributed by atoms with Gasteiger partial charge in [-0.05, 0) is 76.7 Å². The minimum atomic E-state index is 0.956. The van der Waals surface area contributed by atoms with Gasteiger partial charge in [0.1, 0.15) is 0 Å². The van der Waals surface area contributed by atoms with E-state index in [1.165, 1.54) is 77.7 Å². The van der Waals surface area contributed by atoms with Gasteiger partial charge in [-0.25, -0.2) is 0 Å². The Kier molecular flexibility index (Phi) is 5.79. The summed E-state index contributed by atoms with van der Waals surface area (Å²) in [6.45, 7) is 8.93. The third-order valence-electron chi connectivity index (χ3n) is 4.66. The molecule has 2 heteroatoms. The molecule has 0 spiro atoms. The van der Waals surface area contributed by atoms with Gasteiger partial charge in [-0.15, -0.1) is 0 Å². The summed E-state index contributed by atoms with van der Waals surface area (Å²) >= 11 is 0. The quantitative estimate of drug-likeness (QED) is 0.792. The highest BCUT2D eigenvalue weighted by molar-refractivity contribution is 4.75. The lowest BCUT2D eigenvalue weighted by molar-refractivity contribution is 0.164. The van der Waals surface area contributed by atoms with Crippen LogP contribution in [-0.2, 0) is 0 Å². The van der Waals surface area contributed by atoms with Gasteiger partial charge in [-0.2, -0.15) is 0 Å². The van der Waals surface area contributed by atoms with Crippen LogP contribution in [0.25, 0.3) is 0 Å². The van der Waals surface area contributed by atoms with E-state index in [0.717, 1.165) is 11.8 Å². The molecule has 0 aliphatic carbocycles. The first kappa shape index (κ1) is 13.4. The Morgan fingerprint density at radius 3 is 2.53 bits per heavy atom. The monoisotopic (exact) mass is 238 g/mol. The van der Waals surface area contributed by atoms with Crippen LogP contribution in [0.2, 0.25) is 0 Å². The van der Waals surface area contributed by atoms with Gasteiger partial charge in [0.05, 0.1) is 0 Å². The maximum absolute atomic E-state index is 3.53. The Labute approximate surface area is 107 Å². The van der Waals surface area contributed by atoms with Crippen LogP contribution in [0.1, 0.15) is 51.9 Å². The molecule has 0 saturated carbocycles. The molecule has 2 aliphatic heterocycles. The molecule has 0 aromatic heterocycles. The van der Waals surface area contributed by atoms with Gasteiger partial charge in [0.2, 0.25) is 0 Å². The van der Waals surface area contributed by atoms with Crippen LogP contribution >= 0.6 is 0 Å². The molecule has 2 heterocycles. The minimum Gasteiger partial charge on any atom is -0.316 e. The van der Waals surface area contributed by atoms with Crippen LogP contribution in [-0.4, -0.2) is 37.6 Å². The molecule has 0 aromatic rings. The number of likely N-dealkylation sites (tertiary alicyclic amines) is 1. The van der Waals surface area contributed by atoms with Crippen molar-refractivity contribution in [2.75, 3.05) is 32.7 Å². The summed E-state index contributed by atoms with van der Waals surface area (Å²) < 4.78 is 0. The third kappa shape index (κ3) is 4.59. The zero-order valence-corrected chi connectivity index (χ0v) is 11.6. The first-order valence-electron chi connectivity index (χ1n) is 7.81. The Balaban J connectivity index is 1.57. The third-order valence-corrected chi connectivity index (χ3v) is 4.66. The number of nitrogens with one attached hydrogen (secondary N) is 1. The van der Waals surface area contributed by atoms with Crippen molar-refractivity contribution in [1.82, 2.24) is 10.2 Å². The highest BCUT2D eigenvalue weighted by Gasteiger charge is 2.19. The van der Waals surface area contributed by atoms with Gasteiger partial charge < -0.3 is 10.2 Å². The maximum atomic E-state index is 3.53.